The first-order valence-corrected chi connectivity index (χ1v) is 7.04. The third kappa shape index (κ3) is 3.00. The van der Waals surface area contributed by atoms with Gasteiger partial charge in [-0.2, -0.15) is 5.26 Å². The standard InChI is InChI=1S/C14H24N2O/c1-11-7-8-16(10-14(11)17)13-6-4-2-3-5-12(13)9-15/h11-14,17H,2-8,10H2,1H3. The van der Waals surface area contributed by atoms with Gasteiger partial charge >= 0.3 is 0 Å². The van der Waals surface area contributed by atoms with Gasteiger partial charge < -0.3 is 5.11 Å². The van der Waals surface area contributed by atoms with Crippen LogP contribution in [0.15, 0.2) is 0 Å². The summed E-state index contributed by atoms with van der Waals surface area (Å²) in [6.07, 6.45) is 6.75. The van der Waals surface area contributed by atoms with Crippen LogP contribution < -0.4 is 0 Å². The number of aliphatic hydroxyl groups is 1. The SMILES string of the molecule is CC1CCN(C2CCCCCC2C#N)CC1O. The summed E-state index contributed by atoms with van der Waals surface area (Å²) in [5.74, 6) is 0.593. The average molecular weight is 236 g/mol. The molecule has 0 spiro atoms. The molecule has 0 bridgehead atoms. The summed E-state index contributed by atoms with van der Waals surface area (Å²) >= 11 is 0. The van der Waals surface area contributed by atoms with Gasteiger partial charge in [0.1, 0.15) is 0 Å². The molecule has 0 aromatic carbocycles. The second-order valence-corrected chi connectivity index (χ2v) is 5.77. The fourth-order valence-corrected chi connectivity index (χ4v) is 3.25. The van der Waals surface area contributed by atoms with Crippen LogP contribution >= 0.6 is 0 Å². The summed E-state index contributed by atoms with van der Waals surface area (Å²) in [5, 5.41) is 19.3. The van der Waals surface area contributed by atoms with Crippen molar-refractivity contribution < 1.29 is 5.11 Å². The number of hydrogen-bond acceptors (Lipinski definition) is 3. The highest BCUT2D eigenvalue weighted by Crippen LogP contribution is 2.30. The van der Waals surface area contributed by atoms with E-state index in [4.69, 9.17) is 0 Å². The number of nitrogens with zero attached hydrogens (tertiary/aromatic N) is 2. The van der Waals surface area contributed by atoms with E-state index < -0.39 is 0 Å². The molecule has 1 saturated heterocycles. The van der Waals surface area contributed by atoms with Gasteiger partial charge in [0.15, 0.2) is 0 Å². The molecule has 96 valence electrons. The largest absolute Gasteiger partial charge is 0.392 e. The highest BCUT2D eigenvalue weighted by molar-refractivity contribution is 4.96. The predicted molar refractivity (Wildman–Crippen MR) is 67.3 cm³/mol. The van der Waals surface area contributed by atoms with Gasteiger partial charge in [-0.1, -0.05) is 26.2 Å². The molecule has 0 aromatic heterocycles. The summed E-state index contributed by atoms with van der Waals surface area (Å²) in [6.45, 7) is 3.95. The fraction of sp³-hybridized carbons (Fsp3) is 0.929. The Kier molecular flexibility index (Phi) is 4.42. The van der Waals surface area contributed by atoms with Gasteiger partial charge in [-0.05, 0) is 31.7 Å². The van der Waals surface area contributed by atoms with Gasteiger partial charge in [0.25, 0.3) is 0 Å². The van der Waals surface area contributed by atoms with Crippen LogP contribution in [0.5, 0.6) is 0 Å². The monoisotopic (exact) mass is 236 g/mol. The Morgan fingerprint density at radius 3 is 2.65 bits per heavy atom. The van der Waals surface area contributed by atoms with E-state index in [2.05, 4.69) is 17.9 Å². The van der Waals surface area contributed by atoms with Crippen molar-refractivity contribution in [3.8, 4) is 6.07 Å². The first-order valence-electron chi connectivity index (χ1n) is 7.04. The molecule has 0 aromatic rings. The Morgan fingerprint density at radius 2 is 1.94 bits per heavy atom. The quantitative estimate of drug-likeness (QED) is 0.710. The van der Waals surface area contributed by atoms with Crippen LogP contribution in [-0.4, -0.2) is 35.2 Å². The summed E-state index contributed by atoms with van der Waals surface area (Å²) in [4.78, 5) is 2.38. The van der Waals surface area contributed by atoms with E-state index in [9.17, 15) is 10.4 Å². The summed E-state index contributed by atoms with van der Waals surface area (Å²) < 4.78 is 0. The topological polar surface area (TPSA) is 47.3 Å². The Bertz CT molecular complexity index is 286. The van der Waals surface area contributed by atoms with E-state index in [1.807, 2.05) is 0 Å². The molecule has 1 saturated carbocycles. The molecule has 2 fully saturated rings. The van der Waals surface area contributed by atoms with Crippen LogP contribution in [0.3, 0.4) is 0 Å². The van der Waals surface area contributed by atoms with E-state index in [-0.39, 0.29) is 12.0 Å². The van der Waals surface area contributed by atoms with Crippen molar-refractivity contribution in [1.82, 2.24) is 4.90 Å². The first-order chi connectivity index (χ1) is 8.22. The zero-order valence-electron chi connectivity index (χ0n) is 10.8. The maximum absolute atomic E-state index is 9.98. The molecule has 1 N–H and O–H groups in total. The van der Waals surface area contributed by atoms with Crippen LogP contribution in [0.1, 0.15) is 45.4 Å². The van der Waals surface area contributed by atoms with Gasteiger partial charge in [0, 0.05) is 12.6 Å². The van der Waals surface area contributed by atoms with Crippen LogP contribution in [0.4, 0.5) is 0 Å². The van der Waals surface area contributed by atoms with E-state index in [1.54, 1.807) is 0 Å². The van der Waals surface area contributed by atoms with Crippen LogP contribution in [0.25, 0.3) is 0 Å². The minimum absolute atomic E-state index is 0.179. The van der Waals surface area contributed by atoms with Crippen molar-refractivity contribution in [2.45, 2.75) is 57.6 Å². The van der Waals surface area contributed by atoms with E-state index in [1.165, 1.54) is 19.3 Å². The van der Waals surface area contributed by atoms with E-state index in [0.29, 0.717) is 12.0 Å². The molecule has 1 heterocycles. The lowest BCUT2D eigenvalue weighted by molar-refractivity contribution is 0.000760. The van der Waals surface area contributed by atoms with Crippen molar-refractivity contribution in [3.63, 3.8) is 0 Å². The van der Waals surface area contributed by atoms with E-state index in [0.717, 1.165) is 32.4 Å². The normalized spacial score (nSPS) is 40.5. The number of hydrogen-bond donors (Lipinski definition) is 1. The average Bonchev–Trinajstić information content (AvgIpc) is 2.57. The molecule has 2 aliphatic rings. The zero-order valence-corrected chi connectivity index (χ0v) is 10.8. The van der Waals surface area contributed by atoms with Gasteiger partial charge in [-0.15, -0.1) is 0 Å². The van der Waals surface area contributed by atoms with Crippen molar-refractivity contribution in [2.24, 2.45) is 11.8 Å². The maximum atomic E-state index is 9.98. The molecule has 17 heavy (non-hydrogen) atoms. The highest BCUT2D eigenvalue weighted by atomic mass is 16.3. The second-order valence-electron chi connectivity index (χ2n) is 5.77. The van der Waals surface area contributed by atoms with Crippen LogP contribution in [-0.2, 0) is 0 Å². The Hall–Kier alpha value is -0.590. The minimum atomic E-state index is -0.202. The number of aliphatic hydroxyl groups excluding tert-OH is 1. The molecule has 4 atom stereocenters. The van der Waals surface area contributed by atoms with Crippen LogP contribution in [0, 0.1) is 23.2 Å². The first kappa shape index (κ1) is 12.9. The van der Waals surface area contributed by atoms with Gasteiger partial charge in [0.2, 0.25) is 0 Å². The van der Waals surface area contributed by atoms with Crippen molar-refractivity contribution in [2.75, 3.05) is 13.1 Å². The lowest BCUT2D eigenvalue weighted by atomic mass is 9.89. The number of β-amino-alcohol motifs (C(OH)–C–C–N with tert-alkyl or cyclic N) is 1. The van der Waals surface area contributed by atoms with Gasteiger partial charge in [-0.25, -0.2) is 0 Å². The number of nitriles is 1. The second kappa shape index (κ2) is 5.84. The van der Waals surface area contributed by atoms with Crippen molar-refractivity contribution in [3.05, 3.63) is 0 Å². The third-order valence-electron chi connectivity index (χ3n) is 4.56. The molecule has 0 radical (unpaired) electrons. The lowest BCUT2D eigenvalue weighted by Gasteiger charge is -2.40. The van der Waals surface area contributed by atoms with E-state index >= 15 is 0 Å². The lowest BCUT2D eigenvalue weighted by Crippen LogP contribution is -2.49. The third-order valence-corrected chi connectivity index (χ3v) is 4.56. The molecule has 3 heteroatoms. The molecule has 1 aliphatic carbocycles. The summed E-state index contributed by atoms with van der Waals surface area (Å²) in [7, 11) is 0. The molecule has 0 amide bonds. The molecular weight excluding hydrogens is 212 g/mol. The van der Waals surface area contributed by atoms with Crippen molar-refractivity contribution >= 4 is 0 Å². The molecule has 4 unspecified atom stereocenters. The highest BCUT2D eigenvalue weighted by Gasteiger charge is 2.33. The fourth-order valence-electron chi connectivity index (χ4n) is 3.25. The number of likely N-dealkylation sites (tertiary alicyclic amines) is 1. The molecule has 3 nitrogen and oxygen atoms in total. The maximum Gasteiger partial charge on any atom is 0.0693 e. The summed E-state index contributed by atoms with van der Waals surface area (Å²) in [5.41, 5.74) is 0. The van der Waals surface area contributed by atoms with Crippen molar-refractivity contribution in [1.29, 1.82) is 5.26 Å². The Balaban J connectivity index is 2.01. The zero-order chi connectivity index (χ0) is 12.3. The molecular formula is C14H24N2O. The number of piperidine rings is 1. The smallest absolute Gasteiger partial charge is 0.0693 e. The molecule has 2 rings (SSSR count). The minimum Gasteiger partial charge on any atom is -0.392 e. The van der Waals surface area contributed by atoms with Crippen LogP contribution in [0.2, 0.25) is 0 Å². The summed E-state index contributed by atoms with van der Waals surface area (Å²) in [6, 6.07) is 2.89. The Morgan fingerprint density at radius 1 is 1.18 bits per heavy atom. The number of rotatable bonds is 1. The Labute approximate surface area is 104 Å². The van der Waals surface area contributed by atoms with Gasteiger partial charge in [-0.3, -0.25) is 4.90 Å². The molecule has 1 aliphatic heterocycles. The van der Waals surface area contributed by atoms with Gasteiger partial charge in [0.05, 0.1) is 18.1 Å². The predicted octanol–water partition coefficient (Wildman–Crippen LogP) is 2.16.